The highest BCUT2D eigenvalue weighted by Gasteiger charge is 2.04. The molecule has 0 aliphatic carbocycles. The van der Waals surface area contributed by atoms with Crippen LogP contribution in [0, 0.1) is 22.0 Å². The van der Waals surface area contributed by atoms with Crippen LogP contribution in [0.4, 0.5) is 5.69 Å². The maximum Gasteiger partial charge on any atom is 0.269 e. The summed E-state index contributed by atoms with van der Waals surface area (Å²) < 4.78 is 0. The highest BCUT2D eigenvalue weighted by atomic mass is 35.5. The van der Waals surface area contributed by atoms with E-state index in [-0.39, 0.29) is 10.6 Å². The Morgan fingerprint density at radius 1 is 0.833 bits per heavy atom. The van der Waals surface area contributed by atoms with Gasteiger partial charge in [0.05, 0.1) is 4.92 Å². The molecule has 0 radical (unpaired) electrons. The first-order valence-electron chi connectivity index (χ1n) is 8.25. The van der Waals surface area contributed by atoms with Gasteiger partial charge in [0.1, 0.15) is 0 Å². The van der Waals surface area contributed by atoms with Crippen LogP contribution in [0.5, 0.6) is 0 Å². The summed E-state index contributed by atoms with van der Waals surface area (Å²) in [4.78, 5) is 9.96. The van der Waals surface area contributed by atoms with Crippen LogP contribution in [0.15, 0.2) is 48.5 Å². The largest absolute Gasteiger partial charge is 0.269 e. The standard InChI is InChI=1S/C10H13Cl.C10H13NO2/c1-8(2)7-9-3-5-10(11)6-4-9;1-8(2)7-9-3-5-10(6-4-9)11(12)13/h3-6,8H,7H2,1-2H3;3-6,8H,7H2,1-2H3. The minimum atomic E-state index is -0.376. The van der Waals surface area contributed by atoms with Gasteiger partial charge in [-0.3, -0.25) is 10.1 Å². The summed E-state index contributed by atoms with van der Waals surface area (Å²) in [7, 11) is 0. The van der Waals surface area contributed by atoms with Gasteiger partial charge in [-0.05, 0) is 47.9 Å². The fraction of sp³-hybridized carbons (Fsp3) is 0.400. The normalized spacial score (nSPS) is 10.5. The molecule has 0 atom stereocenters. The minimum absolute atomic E-state index is 0.160. The van der Waals surface area contributed by atoms with E-state index < -0.39 is 0 Å². The van der Waals surface area contributed by atoms with Crippen molar-refractivity contribution in [3.05, 3.63) is 74.8 Å². The Balaban J connectivity index is 0.000000243. The summed E-state index contributed by atoms with van der Waals surface area (Å²) in [6.07, 6.45) is 2.11. The zero-order valence-electron chi connectivity index (χ0n) is 14.8. The zero-order chi connectivity index (χ0) is 18.1. The average molecular weight is 348 g/mol. The number of benzene rings is 2. The van der Waals surface area contributed by atoms with Crippen molar-refractivity contribution in [1.29, 1.82) is 0 Å². The van der Waals surface area contributed by atoms with Crippen LogP contribution in [-0.4, -0.2) is 4.92 Å². The van der Waals surface area contributed by atoms with Crippen molar-refractivity contribution in [1.82, 2.24) is 0 Å². The van der Waals surface area contributed by atoms with E-state index in [2.05, 4.69) is 39.8 Å². The van der Waals surface area contributed by atoms with Gasteiger partial charge in [0.15, 0.2) is 0 Å². The number of hydrogen-bond donors (Lipinski definition) is 0. The predicted molar refractivity (Wildman–Crippen MR) is 102 cm³/mol. The number of nitro groups is 1. The molecule has 0 N–H and O–H groups in total. The van der Waals surface area contributed by atoms with E-state index in [0.29, 0.717) is 5.92 Å². The van der Waals surface area contributed by atoms with Crippen molar-refractivity contribution in [3.8, 4) is 0 Å². The van der Waals surface area contributed by atoms with Crippen LogP contribution in [0.2, 0.25) is 5.02 Å². The SMILES string of the molecule is CC(C)Cc1ccc(Cl)cc1.CC(C)Cc1ccc([N+](=O)[O-])cc1. The van der Waals surface area contributed by atoms with Crippen LogP contribution in [0.3, 0.4) is 0 Å². The molecule has 3 nitrogen and oxygen atoms in total. The molecular weight excluding hydrogens is 322 g/mol. The second-order valence-electron chi connectivity index (χ2n) is 6.75. The van der Waals surface area contributed by atoms with Gasteiger partial charge in [-0.25, -0.2) is 0 Å². The maximum absolute atomic E-state index is 10.3. The second-order valence-corrected chi connectivity index (χ2v) is 7.18. The Bertz CT molecular complexity index is 619. The van der Waals surface area contributed by atoms with Crippen molar-refractivity contribution in [3.63, 3.8) is 0 Å². The van der Waals surface area contributed by atoms with Crippen molar-refractivity contribution in [2.24, 2.45) is 11.8 Å². The molecule has 0 unspecified atom stereocenters. The van der Waals surface area contributed by atoms with Crippen LogP contribution in [0.25, 0.3) is 0 Å². The first-order valence-corrected chi connectivity index (χ1v) is 8.63. The zero-order valence-corrected chi connectivity index (χ0v) is 15.6. The molecule has 0 spiro atoms. The molecular formula is C20H26ClNO2. The molecule has 0 fully saturated rings. The molecule has 24 heavy (non-hydrogen) atoms. The molecule has 2 rings (SSSR count). The molecule has 4 heteroatoms. The highest BCUT2D eigenvalue weighted by molar-refractivity contribution is 6.30. The lowest BCUT2D eigenvalue weighted by Crippen LogP contribution is -1.94. The Labute approximate surface area is 149 Å². The Morgan fingerprint density at radius 2 is 1.21 bits per heavy atom. The number of rotatable bonds is 5. The van der Waals surface area contributed by atoms with Gasteiger partial charge in [0.25, 0.3) is 5.69 Å². The average Bonchev–Trinajstić information content (AvgIpc) is 2.50. The lowest BCUT2D eigenvalue weighted by atomic mass is 10.0. The molecule has 0 aliphatic rings. The van der Waals surface area contributed by atoms with Crippen molar-refractivity contribution in [2.75, 3.05) is 0 Å². The fourth-order valence-corrected chi connectivity index (χ4v) is 2.44. The van der Waals surface area contributed by atoms with Gasteiger partial charge in [-0.15, -0.1) is 0 Å². The molecule has 0 heterocycles. The van der Waals surface area contributed by atoms with E-state index in [1.165, 1.54) is 5.56 Å². The summed E-state index contributed by atoms with van der Waals surface area (Å²) in [5, 5.41) is 11.2. The number of nitro benzene ring substituents is 1. The van der Waals surface area contributed by atoms with Crippen LogP contribution in [-0.2, 0) is 12.8 Å². The quantitative estimate of drug-likeness (QED) is 0.468. The van der Waals surface area contributed by atoms with E-state index in [9.17, 15) is 10.1 Å². The first-order chi connectivity index (χ1) is 11.3. The fourth-order valence-electron chi connectivity index (χ4n) is 2.32. The summed E-state index contributed by atoms with van der Waals surface area (Å²) in [6, 6.07) is 14.8. The Hall–Kier alpha value is -1.87. The highest BCUT2D eigenvalue weighted by Crippen LogP contribution is 2.14. The monoisotopic (exact) mass is 347 g/mol. The number of halogens is 1. The van der Waals surface area contributed by atoms with E-state index in [1.54, 1.807) is 12.1 Å². The lowest BCUT2D eigenvalue weighted by molar-refractivity contribution is -0.384. The Kier molecular flexibility index (Phi) is 8.48. The number of hydrogen-bond acceptors (Lipinski definition) is 2. The molecule has 130 valence electrons. The van der Waals surface area contributed by atoms with Crippen molar-refractivity contribution >= 4 is 17.3 Å². The minimum Gasteiger partial charge on any atom is -0.258 e. The molecule has 0 aromatic heterocycles. The summed E-state index contributed by atoms with van der Waals surface area (Å²) in [6.45, 7) is 8.69. The smallest absolute Gasteiger partial charge is 0.258 e. The molecule has 0 saturated carbocycles. The van der Waals surface area contributed by atoms with Gasteiger partial charge < -0.3 is 0 Å². The molecule has 2 aromatic rings. The van der Waals surface area contributed by atoms with Crippen LogP contribution >= 0.6 is 11.6 Å². The topological polar surface area (TPSA) is 43.1 Å². The third-order valence-corrected chi connectivity index (χ3v) is 3.60. The molecule has 0 aliphatic heterocycles. The second kappa shape index (κ2) is 10.1. The van der Waals surface area contributed by atoms with Gasteiger partial charge in [0, 0.05) is 17.2 Å². The maximum atomic E-state index is 10.3. The van der Waals surface area contributed by atoms with Gasteiger partial charge in [-0.1, -0.05) is 63.6 Å². The molecule has 0 bridgehead atoms. The molecule has 2 aromatic carbocycles. The third-order valence-electron chi connectivity index (χ3n) is 3.35. The number of non-ortho nitro benzene ring substituents is 1. The van der Waals surface area contributed by atoms with Gasteiger partial charge in [-0.2, -0.15) is 0 Å². The van der Waals surface area contributed by atoms with Crippen LogP contribution < -0.4 is 0 Å². The third kappa shape index (κ3) is 8.11. The van der Waals surface area contributed by atoms with Crippen molar-refractivity contribution < 1.29 is 4.92 Å². The van der Waals surface area contributed by atoms with Crippen LogP contribution in [0.1, 0.15) is 38.8 Å². The lowest BCUT2D eigenvalue weighted by Gasteiger charge is -2.03. The summed E-state index contributed by atoms with van der Waals surface area (Å²) >= 11 is 5.75. The number of nitrogens with zero attached hydrogens (tertiary/aromatic N) is 1. The molecule has 0 saturated heterocycles. The predicted octanol–water partition coefficient (Wildman–Crippen LogP) is 6.33. The van der Waals surface area contributed by atoms with E-state index in [0.717, 1.165) is 29.3 Å². The van der Waals surface area contributed by atoms with Gasteiger partial charge >= 0.3 is 0 Å². The first kappa shape index (κ1) is 20.2. The Morgan fingerprint density at radius 3 is 1.54 bits per heavy atom. The van der Waals surface area contributed by atoms with E-state index in [4.69, 9.17) is 11.6 Å². The van der Waals surface area contributed by atoms with Crippen molar-refractivity contribution in [2.45, 2.75) is 40.5 Å². The van der Waals surface area contributed by atoms with Gasteiger partial charge in [0.2, 0.25) is 0 Å². The molecule has 0 amide bonds. The summed E-state index contributed by atoms with van der Waals surface area (Å²) in [5.74, 6) is 1.30. The summed E-state index contributed by atoms with van der Waals surface area (Å²) in [5.41, 5.74) is 2.68. The van der Waals surface area contributed by atoms with E-state index in [1.807, 2.05) is 24.3 Å². The van der Waals surface area contributed by atoms with E-state index >= 15 is 0 Å².